The normalized spacial score (nSPS) is 16.7. The Kier molecular flexibility index (Phi) is 5.57. The van der Waals surface area contributed by atoms with Crippen LogP contribution >= 0.6 is 0 Å². The van der Waals surface area contributed by atoms with Crippen LogP contribution in [0.5, 0.6) is 0 Å². The molecule has 1 saturated heterocycles. The maximum Gasteiger partial charge on any atom is 0.254 e. The number of imidazole rings is 1. The van der Waals surface area contributed by atoms with Crippen molar-refractivity contribution in [3.63, 3.8) is 0 Å². The molecule has 1 aliphatic rings. The molecule has 1 amide bonds. The molecule has 4 rings (SSSR count). The minimum Gasteiger partial charge on any atom is -0.338 e. The summed E-state index contributed by atoms with van der Waals surface area (Å²) in [6.45, 7) is 3.03. The molecular formula is C22H23F2N5O. The molecule has 0 aliphatic carbocycles. The highest BCUT2D eigenvalue weighted by Crippen LogP contribution is 2.23. The summed E-state index contributed by atoms with van der Waals surface area (Å²) in [5.41, 5.74) is 2.55. The van der Waals surface area contributed by atoms with E-state index in [0.29, 0.717) is 19.5 Å². The molecule has 3 aromatic rings. The molecule has 0 radical (unpaired) electrons. The number of carbonyl (C=O) groups is 1. The maximum absolute atomic E-state index is 13.5. The molecule has 1 aromatic carbocycles. The van der Waals surface area contributed by atoms with E-state index in [4.69, 9.17) is 4.98 Å². The highest BCUT2D eigenvalue weighted by atomic mass is 19.1. The highest BCUT2D eigenvalue weighted by molar-refractivity contribution is 5.94. The molecule has 2 aromatic heterocycles. The molecule has 1 aliphatic heterocycles. The van der Waals surface area contributed by atoms with Crippen LogP contribution in [-0.2, 0) is 13.5 Å². The smallest absolute Gasteiger partial charge is 0.254 e. The van der Waals surface area contributed by atoms with Gasteiger partial charge in [-0.05, 0) is 44.2 Å². The third-order valence-corrected chi connectivity index (χ3v) is 5.58. The van der Waals surface area contributed by atoms with Gasteiger partial charge in [0.25, 0.3) is 5.91 Å². The number of piperidine rings is 1. The predicted octanol–water partition coefficient (Wildman–Crippen LogP) is 3.56. The van der Waals surface area contributed by atoms with Crippen LogP contribution in [0, 0.1) is 24.5 Å². The molecule has 1 atom stereocenters. The number of aryl methyl sites for hydroxylation is 1. The average Bonchev–Trinajstić information content (AvgIpc) is 3.06. The molecule has 0 N–H and O–H groups in total. The fraction of sp³-hybridized carbons (Fsp3) is 0.364. The molecule has 156 valence electrons. The van der Waals surface area contributed by atoms with Crippen LogP contribution in [0.2, 0.25) is 0 Å². The quantitative estimate of drug-likeness (QED) is 0.659. The second-order valence-electron chi connectivity index (χ2n) is 7.77. The predicted molar refractivity (Wildman–Crippen MR) is 108 cm³/mol. The van der Waals surface area contributed by atoms with E-state index in [1.165, 1.54) is 0 Å². The molecule has 0 unspecified atom stereocenters. The Morgan fingerprint density at radius 3 is 2.63 bits per heavy atom. The van der Waals surface area contributed by atoms with Gasteiger partial charge in [0.15, 0.2) is 0 Å². The summed E-state index contributed by atoms with van der Waals surface area (Å²) in [6, 6.07) is 2.94. The lowest BCUT2D eigenvalue weighted by molar-refractivity contribution is 0.0671. The number of halogens is 2. The van der Waals surface area contributed by atoms with E-state index >= 15 is 0 Å². The van der Waals surface area contributed by atoms with E-state index in [1.54, 1.807) is 23.5 Å². The molecule has 3 heterocycles. The number of likely N-dealkylation sites (tertiary alicyclic amines) is 1. The molecular weight excluding hydrogens is 388 g/mol. The summed E-state index contributed by atoms with van der Waals surface area (Å²) < 4.78 is 29.0. The molecule has 1 fully saturated rings. The van der Waals surface area contributed by atoms with Gasteiger partial charge in [-0.3, -0.25) is 9.78 Å². The molecule has 0 saturated carbocycles. The monoisotopic (exact) mass is 411 g/mol. The fourth-order valence-electron chi connectivity index (χ4n) is 3.94. The van der Waals surface area contributed by atoms with Crippen LogP contribution in [0.15, 0.2) is 36.8 Å². The summed E-state index contributed by atoms with van der Waals surface area (Å²) in [5, 5.41) is 0. The van der Waals surface area contributed by atoms with Crippen LogP contribution in [0.3, 0.4) is 0 Å². The first kappa shape index (κ1) is 20.1. The zero-order valence-electron chi connectivity index (χ0n) is 17.0. The van der Waals surface area contributed by atoms with Crippen molar-refractivity contribution in [1.29, 1.82) is 0 Å². The Labute approximate surface area is 173 Å². The number of amides is 1. The summed E-state index contributed by atoms with van der Waals surface area (Å²) >= 11 is 0. The van der Waals surface area contributed by atoms with Crippen molar-refractivity contribution in [2.24, 2.45) is 13.0 Å². The standard InChI is InChI=1S/C22H23F2N5O/c1-14-26-12-21(28(14)2)20-11-25-10-19(27-20)6-15-4-3-5-29(13-15)22(30)16-7-17(23)9-18(24)8-16/h7-12,15H,3-6,13H2,1-2H3/t15-/m0/s1. The molecule has 0 spiro atoms. The Bertz CT molecular complexity index is 1060. The minimum atomic E-state index is -0.746. The van der Waals surface area contributed by atoms with Crippen molar-refractivity contribution < 1.29 is 13.6 Å². The number of nitrogens with zero attached hydrogens (tertiary/aromatic N) is 5. The first-order valence-corrected chi connectivity index (χ1v) is 9.95. The number of benzene rings is 1. The second-order valence-corrected chi connectivity index (χ2v) is 7.77. The largest absolute Gasteiger partial charge is 0.338 e. The van der Waals surface area contributed by atoms with Crippen LogP contribution in [0.1, 0.15) is 34.7 Å². The van der Waals surface area contributed by atoms with Crippen molar-refractivity contribution in [2.75, 3.05) is 13.1 Å². The molecule has 8 heteroatoms. The van der Waals surface area contributed by atoms with Crippen molar-refractivity contribution in [3.8, 4) is 11.4 Å². The summed E-state index contributed by atoms with van der Waals surface area (Å²) in [4.78, 5) is 27.8. The van der Waals surface area contributed by atoms with Gasteiger partial charge in [0, 0.05) is 38.0 Å². The van der Waals surface area contributed by atoms with E-state index in [2.05, 4.69) is 9.97 Å². The van der Waals surface area contributed by atoms with Crippen LogP contribution in [0.4, 0.5) is 8.78 Å². The highest BCUT2D eigenvalue weighted by Gasteiger charge is 2.26. The van der Waals surface area contributed by atoms with E-state index in [1.807, 2.05) is 18.5 Å². The Morgan fingerprint density at radius 2 is 1.93 bits per heavy atom. The maximum atomic E-state index is 13.5. The van der Waals surface area contributed by atoms with Gasteiger partial charge >= 0.3 is 0 Å². The molecule has 30 heavy (non-hydrogen) atoms. The number of carbonyl (C=O) groups excluding carboxylic acids is 1. The third kappa shape index (κ3) is 4.22. The van der Waals surface area contributed by atoms with Crippen LogP contribution in [-0.4, -0.2) is 43.4 Å². The SMILES string of the molecule is Cc1ncc(-c2cncc(C[C@@H]3CCCN(C(=O)c4cc(F)cc(F)c4)C3)n2)n1C. The second kappa shape index (κ2) is 8.30. The number of rotatable bonds is 4. The van der Waals surface area contributed by atoms with Crippen molar-refractivity contribution in [1.82, 2.24) is 24.4 Å². The van der Waals surface area contributed by atoms with Gasteiger partial charge in [-0.15, -0.1) is 0 Å². The minimum absolute atomic E-state index is 0.0431. The number of hydrogen-bond donors (Lipinski definition) is 0. The topological polar surface area (TPSA) is 63.9 Å². The Hall–Kier alpha value is -3.16. The van der Waals surface area contributed by atoms with Gasteiger partial charge in [0.1, 0.15) is 23.2 Å². The fourth-order valence-corrected chi connectivity index (χ4v) is 3.94. The summed E-state index contributed by atoms with van der Waals surface area (Å²) in [6.07, 6.45) is 7.71. The van der Waals surface area contributed by atoms with Gasteiger partial charge in [-0.1, -0.05) is 0 Å². The number of hydrogen-bond acceptors (Lipinski definition) is 4. The van der Waals surface area contributed by atoms with Gasteiger partial charge in [-0.25, -0.2) is 18.7 Å². The first-order valence-electron chi connectivity index (χ1n) is 9.95. The lowest BCUT2D eigenvalue weighted by Gasteiger charge is -2.32. The van der Waals surface area contributed by atoms with Gasteiger partial charge in [-0.2, -0.15) is 0 Å². The summed E-state index contributed by atoms with van der Waals surface area (Å²) in [5.74, 6) is -0.733. The average molecular weight is 411 g/mol. The van der Waals surface area contributed by atoms with Gasteiger partial charge in [0.05, 0.1) is 23.8 Å². The Morgan fingerprint density at radius 1 is 1.17 bits per heavy atom. The molecule has 0 bridgehead atoms. The lowest BCUT2D eigenvalue weighted by atomic mass is 9.93. The van der Waals surface area contributed by atoms with Crippen LogP contribution < -0.4 is 0 Å². The van der Waals surface area contributed by atoms with E-state index in [-0.39, 0.29) is 17.4 Å². The lowest BCUT2D eigenvalue weighted by Crippen LogP contribution is -2.40. The summed E-state index contributed by atoms with van der Waals surface area (Å²) in [7, 11) is 1.94. The third-order valence-electron chi connectivity index (χ3n) is 5.58. The zero-order valence-corrected chi connectivity index (χ0v) is 17.0. The van der Waals surface area contributed by atoms with Crippen molar-refractivity contribution >= 4 is 5.91 Å². The van der Waals surface area contributed by atoms with Crippen molar-refractivity contribution in [3.05, 3.63) is 65.5 Å². The molecule has 6 nitrogen and oxygen atoms in total. The zero-order chi connectivity index (χ0) is 21.3. The van der Waals surface area contributed by atoms with E-state index in [0.717, 1.165) is 53.9 Å². The van der Waals surface area contributed by atoms with E-state index in [9.17, 15) is 13.6 Å². The number of aromatic nitrogens is 4. The van der Waals surface area contributed by atoms with E-state index < -0.39 is 11.6 Å². The van der Waals surface area contributed by atoms with Gasteiger partial charge < -0.3 is 9.47 Å². The van der Waals surface area contributed by atoms with Crippen molar-refractivity contribution in [2.45, 2.75) is 26.2 Å². The van der Waals surface area contributed by atoms with Crippen LogP contribution in [0.25, 0.3) is 11.4 Å². The first-order chi connectivity index (χ1) is 14.4. The Balaban J connectivity index is 1.47. The van der Waals surface area contributed by atoms with Gasteiger partial charge in [0.2, 0.25) is 0 Å².